The van der Waals surface area contributed by atoms with Crippen molar-refractivity contribution in [1.29, 1.82) is 0 Å². The second kappa shape index (κ2) is 10.2. The Morgan fingerprint density at radius 2 is 1.92 bits per heavy atom. The molecule has 4 heteroatoms. The van der Waals surface area contributed by atoms with Crippen LogP contribution in [0.2, 0.25) is 0 Å². The van der Waals surface area contributed by atoms with Crippen LogP contribution in [0.5, 0.6) is 5.75 Å². The van der Waals surface area contributed by atoms with Crippen LogP contribution in [0.15, 0.2) is 18.2 Å². The van der Waals surface area contributed by atoms with Crippen molar-refractivity contribution in [1.82, 2.24) is 0 Å². The molecule has 26 heavy (non-hydrogen) atoms. The van der Waals surface area contributed by atoms with Crippen molar-refractivity contribution in [3.8, 4) is 17.6 Å². The predicted octanol–water partition coefficient (Wildman–Crippen LogP) is 4.14. The summed E-state index contributed by atoms with van der Waals surface area (Å²) in [4.78, 5) is 14.7. The number of esters is 1. The van der Waals surface area contributed by atoms with Gasteiger partial charge in [0.25, 0.3) is 0 Å². The third-order valence-corrected chi connectivity index (χ3v) is 5.04. The topological polar surface area (TPSA) is 49.8 Å². The van der Waals surface area contributed by atoms with Gasteiger partial charge in [0.15, 0.2) is 6.10 Å². The molecule has 142 valence electrons. The summed E-state index contributed by atoms with van der Waals surface area (Å²) in [6.45, 7) is 8.00. The van der Waals surface area contributed by atoms with Crippen molar-refractivity contribution in [3.05, 3.63) is 23.8 Å². The minimum Gasteiger partial charge on any atom is -0.423 e. The number of ether oxygens (including phenoxy) is 1. The van der Waals surface area contributed by atoms with E-state index in [-0.39, 0.29) is 5.92 Å². The van der Waals surface area contributed by atoms with Gasteiger partial charge < -0.3 is 14.7 Å². The highest BCUT2D eigenvalue weighted by atomic mass is 16.5. The molecular weight excluding hydrogens is 326 g/mol. The molecule has 0 bridgehead atoms. The first-order chi connectivity index (χ1) is 12.6. The standard InChI is InChI=1S/C22H31NO3/c1-4-7-11-18-16-19(23(5-2)6-3)14-15-20(18)26-22(25)21(24)17-12-9-8-10-13-17/h14-17,21,24H,4-6,8-10,12-13H2,1-3H3. The van der Waals surface area contributed by atoms with Crippen molar-refractivity contribution in [2.45, 2.75) is 65.4 Å². The van der Waals surface area contributed by atoms with Crippen LogP contribution < -0.4 is 9.64 Å². The van der Waals surface area contributed by atoms with Crippen LogP contribution in [0, 0.1) is 17.8 Å². The van der Waals surface area contributed by atoms with Crippen molar-refractivity contribution in [3.63, 3.8) is 0 Å². The van der Waals surface area contributed by atoms with Gasteiger partial charge in [0.05, 0.1) is 5.56 Å². The van der Waals surface area contributed by atoms with Gasteiger partial charge in [0, 0.05) is 25.2 Å². The lowest BCUT2D eigenvalue weighted by Crippen LogP contribution is -2.34. The Labute approximate surface area is 157 Å². The third kappa shape index (κ3) is 5.25. The lowest BCUT2D eigenvalue weighted by atomic mass is 9.85. The van der Waals surface area contributed by atoms with Crippen LogP contribution in [0.3, 0.4) is 0 Å². The van der Waals surface area contributed by atoms with E-state index in [1.54, 1.807) is 6.07 Å². The minimum atomic E-state index is -1.05. The predicted molar refractivity (Wildman–Crippen MR) is 105 cm³/mol. The van der Waals surface area contributed by atoms with E-state index in [2.05, 4.69) is 30.6 Å². The summed E-state index contributed by atoms with van der Waals surface area (Å²) in [5.74, 6) is 6.03. The molecule has 1 unspecified atom stereocenters. The molecular formula is C22H31NO3. The molecule has 1 fully saturated rings. The molecule has 0 amide bonds. The van der Waals surface area contributed by atoms with E-state index in [1.165, 1.54) is 6.42 Å². The molecule has 1 aliphatic carbocycles. The molecule has 1 aromatic carbocycles. The maximum absolute atomic E-state index is 12.4. The summed E-state index contributed by atoms with van der Waals surface area (Å²) in [5, 5.41) is 10.4. The quantitative estimate of drug-likeness (QED) is 0.472. The number of carbonyl (C=O) groups excluding carboxylic acids is 1. The van der Waals surface area contributed by atoms with Crippen LogP contribution in [0.1, 0.15) is 64.9 Å². The molecule has 1 N–H and O–H groups in total. The molecule has 1 aromatic rings. The largest absolute Gasteiger partial charge is 0.423 e. The van der Waals surface area contributed by atoms with Gasteiger partial charge in [-0.3, -0.25) is 0 Å². The molecule has 0 aromatic heterocycles. The molecule has 4 nitrogen and oxygen atoms in total. The Morgan fingerprint density at radius 1 is 1.23 bits per heavy atom. The Bertz CT molecular complexity index is 649. The summed E-state index contributed by atoms with van der Waals surface area (Å²) in [6.07, 6.45) is 4.78. The number of aliphatic hydroxyl groups excluding tert-OH is 1. The molecule has 0 radical (unpaired) electrons. The Hall–Kier alpha value is -1.99. The van der Waals surface area contributed by atoms with E-state index < -0.39 is 12.1 Å². The van der Waals surface area contributed by atoms with E-state index >= 15 is 0 Å². The fourth-order valence-electron chi connectivity index (χ4n) is 3.48. The maximum atomic E-state index is 12.4. The zero-order chi connectivity index (χ0) is 18.9. The lowest BCUT2D eigenvalue weighted by molar-refractivity contribution is -0.147. The van der Waals surface area contributed by atoms with Gasteiger partial charge in [0.2, 0.25) is 0 Å². The second-order valence-electron chi connectivity index (χ2n) is 6.77. The van der Waals surface area contributed by atoms with Crippen LogP contribution >= 0.6 is 0 Å². The zero-order valence-electron chi connectivity index (χ0n) is 16.3. The first-order valence-corrected chi connectivity index (χ1v) is 9.88. The molecule has 1 saturated carbocycles. The van der Waals surface area contributed by atoms with Crippen molar-refractivity contribution in [2.75, 3.05) is 18.0 Å². The van der Waals surface area contributed by atoms with E-state index in [4.69, 9.17) is 4.74 Å². The van der Waals surface area contributed by atoms with E-state index in [1.807, 2.05) is 19.1 Å². The summed E-state index contributed by atoms with van der Waals surface area (Å²) in [6, 6.07) is 5.70. The number of rotatable bonds is 6. The zero-order valence-corrected chi connectivity index (χ0v) is 16.3. The fraction of sp³-hybridized carbons (Fsp3) is 0.591. The average molecular weight is 357 g/mol. The Balaban J connectivity index is 2.19. The van der Waals surface area contributed by atoms with Crippen LogP contribution in [0.25, 0.3) is 0 Å². The number of nitrogens with zero attached hydrogens (tertiary/aromatic N) is 1. The van der Waals surface area contributed by atoms with Crippen molar-refractivity contribution < 1.29 is 14.6 Å². The monoisotopic (exact) mass is 357 g/mol. The third-order valence-electron chi connectivity index (χ3n) is 5.04. The number of aliphatic hydroxyl groups is 1. The van der Waals surface area contributed by atoms with Gasteiger partial charge >= 0.3 is 5.97 Å². The first-order valence-electron chi connectivity index (χ1n) is 9.88. The molecule has 0 heterocycles. The van der Waals surface area contributed by atoms with Gasteiger partial charge in [0.1, 0.15) is 5.75 Å². The van der Waals surface area contributed by atoms with Gasteiger partial charge in [-0.1, -0.05) is 38.0 Å². The highest BCUT2D eigenvalue weighted by Gasteiger charge is 2.29. The first kappa shape index (κ1) is 20.3. The lowest BCUT2D eigenvalue weighted by Gasteiger charge is -2.25. The van der Waals surface area contributed by atoms with Gasteiger partial charge in [-0.2, -0.15) is 0 Å². The smallest absolute Gasteiger partial charge is 0.340 e. The van der Waals surface area contributed by atoms with Gasteiger partial charge in [-0.05, 0) is 50.8 Å². The van der Waals surface area contributed by atoms with E-state index in [9.17, 15) is 9.90 Å². The SMILES string of the molecule is CCC#Cc1cc(N(CC)CC)ccc1OC(=O)C(O)C1CCCCC1. The van der Waals surface area contributed by atoms with Crippen molar-refractivity contribution in [2.24, 2.45) is 5.92 Å². The average Bonchev–Trinajstić information content (AvgIpc) is 2.68. The minimum absolute atomic E-state index is 0.0105. The summed E-state index contributed by atoms with van der Waals surface area (Å²) < 4.78 is 5.55. The highest BCUT2D eigenvalue weighted by Crippen LogP contribution is 2.29. The van der Waals surface area contributed by atoms with Crippen molar-refractivity contribution >= 4 is 11.7 Å². The van der Waals surface area contributed by atoms with Gasteiger partial charge in [-0.15, -0.1) is 0 Å². The van der Waals surface area contributed by atoms with Crippen LogP contribution in [-0.2, 0) is 4.79 Å². The molecule has 2 rings (SSSR count). The van der Waals surface area contributed by atoms with Crippen LogP contribution in [-0.4, -0.2) is 30.3 Å². The number of anilines is 1. The number of hydrogen-bond donors (Lipinski definition) is 1. The van der Waals surface area contributed by atoms with Gasteiger partial charge in [-0.25, -0.2) is 4.79 Å². The van der Waals surface area contributed by atoms with Crippen LogP contribution in [0.4, 0.5) is 5.69 Å². The number of hydrogen-bond acceptors (Lipinski definition) is 4. The molecule has 1 aliphatic rings. The summed E-state index contributed by atoms with van der Waals surface area (Å²) in [5.41, 5.74) is 1.75. The Morgan fingerprint density at radius 3 is 2.54 bits per heavy atom. The van der Waals surface area contributed by atoms with E-state index in [0.29, 0.717) is 11.3 Å². The van der Waals surface area contributed by atoms with E-state index in [0.717, 1.165) is 50.9 Å². The number of benzene rings is 1. The molecule has 1 atom stereocenters. The maximum Gasteiger partial charge on any atom is 0.340 e. The number of carbonyl (C=O) groups is 1. The normalized spacial score (nSPS) is 15.7. The molecule has 0 saturated heterocycles. The summed E-state index contributed by atoms with van der Waals surface area (Å²) in [7, 11) is 0. The molecule has 0 aliphatic heterocycles. The summed E-state index contributed by atoms with van der Waals surface area (Å²) >= 11 is 0. The highest BCUT2D eigenvalue weighted by molar-refractivity contribution is 5.78. The fourth-order valence-corrected chi connectivity index (χ4v) is 3.48. The molecule has 0 spiro atoms. The second-order valence-corrected chi connectivity index (χ2v) is 6.77. The Kier molecular flexibility index (Phi) is 8.00.